The number of nitrogens with one attached hydrogen (secondary N) is 1. The van der Waals surface area contributed by atoms with Crippen molar-refractivity contribution in [2.45, 2.75) is 0 Å². The number of ether oxygens (including phenoxy) is 2. The molecule has 3 rings (SSSR count). The van der Waals surface area contributed by atoms with E-state index in [4.69, 9.17) is 21.7 Å². The van der Waals surface area contributed by atoms with E-state index in [1.54, 1.807) is 0 Å². The maximum atomic E-state index is 5.53. The van der Waals surface area contributed by atoms with Crippen molar-refractivity contribution in [1.82, 2.24) is 4.98 Å². The first-order valence-electron chi connectivity index (χ1n) is 4.91. The second-order valence-corrected chi connectivity index (χ2v) is 4.97. The molecule has 1 aliphatic rings. The van der Waals surface area contributed by atoms with Crippen LogP contribution in [0.25, 0.3) is 11.3 Å². The van der Waals surface area contributed by atoms with Crippen LogP contribution in [0, 0.1) is 3.95 Å². The van der Waals surface area contributed by atoms with E-state index in [1.165, 1.54) is 11.3 Å². The third-order valence-electron chi connectivity index (χ3n) is 2.37. The van der Waals surface area contributed by atoms with Gasteiger partial charge in [-0.2, -0.15) is 0 Å². The maximum Gasteiger partial charge on any atom is 0.162 e. The highest BCUT2D eigenvalue weighted by Crippen LogP contribution is 2.34. The summed E-state index contributed by atoms with van der Waals surface area (Å²) in [5.74, 6) is 1.61. The minimum atomic E-state index is 0.607. The van der Waals surface area contributed by atoms with Crippen LogP contribution in [0.15, 0.2) is 23.6 Å². The summed E-state index contributed by atoms with van der Waals surface area (Å²) < 4.78 is 11.8. The third-order valence-corrected chi connectivity index (χ3v) is 3.43. The number of aromatic amines is 1. The minimum absolute atomic E-state index is 0.607. The van der Waals surface area contributed by atoms with Crippen molar-refractivity contribution in [2.75, 3.05) is 13.2 Å². The Labute approximate surface area is 102 Å². The summed E-state index contributed by atoms with van der Waals surface area (Å²) in [7, 11) is 0. The maximum absolute atomic E-state index is 5.53. The van der Waals surface area contributed by atoms with Gasteiger partial charge in [-0.05, 0) is 30.4 Å². The van der Waals surface area contributed by atoms with Gasteiger partial charge in [0.15, 0.2) is 15.5 Å². The van der Waals surface area contributed by atoms with Crippen LogP contribution in [0.3, 0.4) is 0 Å². The fraction of sp³-hybridized carbons (Fsp3) is 0.182. The molecule has 0 saturated carbocycles. The summed E-state index contributed by atoms with van der Waals surface area (Å²) in [6, 6.07) is 5.90. The predicted octanol–water partition coefficient (Wildman–Crippen LogP) is 3.24. The Kier molecular flexibility index (Phi) is 2.41. The topological polar surface area (TPSA) is 34.2 Å². The van der Waals surface area contributed by atoms with Gasteiger partial charge in [-0.25, -0.2) is 0 Å². The molecule has 0 saturated heterocycles. The Morgan fingerprint density at radius 3 is 2.75 bits per heavy atom. The standard InChI is InChI=1S/C11H9NO2S2/c15-11-12-8(6-16-11)7-1-2-9-10(5-7)14-4-3-13-9/h1-2,5-6H,3-4H2,(H,12,15). The summed E-state index contributed by atoms with van der Waals surface area (Å²) >= 11 is 6.58. The zero-order chi connectivity index (χ0) is 11.0. The number of hydrogen-bond acceptors (Lipinski definition) is 4. The molecule has 16 heavy (non-hydrogen) atoms. The van der Waals surface area contributed by atoms with Crippen LogP contribution in [0.2, 0.25) is 0 Å². The summed E-state index contributed by atoms with van der Waals surface area (Å²) in [6.45, 7) is 1.23. The molecule has 1 aliphatic heterocycles. The summed E-state index contributed by atoms with van der Waals surface area (Å²) in [5.41, 5.74) is 2.09. The first kappa shape index (κ1) is 9.86. The quantitative estimate of drug-likeness (QED) is 0.790. The van der Waals surface area contributed by atoms with Crippen LogP contribution in [-0.4, -0.2) is 18.2 Å². The third kappa shape index (κ3) is 1.72. The Morgan fingerprint density at radius 1 is 1.19 bits per heavy atom. The molecule has 2 heterocycles. The van der Waals surface area contributed by atoms with Gasteiger partial charge in [0.25, 0.3) is 0 Å². The van der Waals surface area contributed by atoms with E-state index >= 15 is 0 Å². The Balaban J connectivity index is 2.06. The minimum Gasteiger partial charge on any atom is -0.486 e. The molecule has 2 aromatic rings. The first-order chi connectivity index (χ1) is 7.83. The van der Waals surface area contributed by atoms with Crippen LogP contribution in [-0.2, 0) is 0 Å². The molecule has 0 bridgehead atoms. The van der Waals surface area contributed by atoms with Crippen LogP contribution in [0.4, 0.5) is 0 Å². The molecule has 0 atom stereocenters. The van der Waals surface area contributed by atoms with Gasteiger partial charge in [0.05, 0.1) is 5.69 Å². The lowest BCUT2D eigenvalue weighted by atomic mass is 10.1. The molecule has 3 nitrogen and oxygen atoms in total. The van der Waals surface area contributed by atoms with E-state index < -0.39 is 0 Å². The van der Waals surface area contributed by atoms with Crippen LogP contribution in [0.5, 0.6) is 11.5 Å². The van der Waals surface area contributed by atoms with Gasteiger partial charge >= 0.3 is 0 Å². The molecule has 5 heteroatoms. The smallest absolute Gasteiger partial charge is 0.162 e. The van der Waals surface area contributed by atoms with E-state index in [0.29, 0.717) is 13.2 Å². The van der Waals surface area contributed by atoms with Crippen molar-refractivity contribution in [3.63, 3.8) is 0 Å². The number of aromatic nitrogens is 1. The average Bonchev–Trinajstić information content (AvgIpc) is 2.75. The van der Waals surface area contributed by atoms with Gasteiger partial charge < -0.3 is 14.5 Å². The van der Waals surface area contributed by atoms with Crippen molar-refractivity contribution >= 4 is 23.6 Å². The molecule has 0 amide bonds. The molecule has 1 aromatic heterocycles. The van der Waals surface area contributed by atoms with E-state index in [9.17, 15) is 0 Å². The SMILES string of the molecule is S=c1[nH]c(-c2ccc3c(c2)OCCO3)cs1. The molecule has 1 aromatic carbocycles. The molecule has 0 aliphatic carbocycles. The molecular weight excluding hydrogens is 242 g/mol. The molecule has 0 radical (unpaired) electrons. The van der Waals surface area contributed by atoms with Gasteiger partial charge in [-0.1, -0.05) is 0 Å². The summed E-state index contributed by atoms with van der Waals surface area (Å²) in [5, 5.41) is 2.01. The summed E-state index contributed by atoms with van der Waals surface area (Å²) in [4.78, 5) is 3.14. The first-order valence-corrected chi connectivity index (χ1v) is 6.19. The second-order valence-electron chi connectivity index (χ2n) is 3.42. The van der Waals surface area contributed by atoms with Crippen molar-refractivity contribution in [1.29, 1.82) is 0 Å². The van der Waals surface area contributed by atoms with Crippen molar-refractivity contribution in [3.05, 3.63) is 27.5 Å². The normalized spacial score (nSPS) is 13.8. The van der Waals surface area contributed by atoms with E-state index in [2.05, 4.69) is 4.98 Å². The lowest BCUT2D eigenvalue weighted by Crippen LogP contribution is -2.15. The van der Waals surface area contributed by atoms with Crippen molar-refractivity contribution in [3.8, 4) is 22.8 Å². The number of rotatable bonds is 1. The van der Waals surface area contributed by atoms with Gasteiger partial charge in [-0.3, -0.25) is 0 Å². The van der Waals surface area contributed by atoms with Crippen molar-refractivity contribution in [2.24, 2.45) is 0 Å². The van der Waals surface area contributed by atoms with Crippen LogP contribution >= 0.6 is 23.6 Å². The van der Waals surface area contributed by atoms with Gasteiger partial charge in [0.2, 0.25) is 0 Å². The largest absolute Gasteiger partial charge is 0.486 e. The number of benzene rings is 1. The molecular formula is C11H9NO2S2. The Morgan fingerprint density at radius 2 is 2.00 bits per heavy atom. The number of thiazole rings is 1. The van der Waals surface area contributed by atoms with E-state index in [0.717, 1.165) is 26.7 Å². The highest BCUT2D eigenvalue weighted by molar-refractivity contribution is 7.73. The fourth-order valence-electron chi connectivity index (χ4n) is 1.63. The van der Waals surface area contributed by atoms with E-state index in [1.807, 2.05) is 23.6 Å². The number of fused-ring (bicyclic) bond motifs is 1. The van der Waals surface area contributed by atoms with Crippen molar-refractivity contribution < 1.29 is 9.47 Å². The average molecular weight is 251 g/mol. The van der Waals surface area contributed by atoms with Crippen LogP contribution < -0.4 is 9.47 Å². The number of H-pyrrole nitrogens is 1. The predicted molar refractivity (Wildman–Crippen MR) is 65.9 cm³/mol. The molecule has 82 valence electrons. The highest BCUT2D eigenvalue weighted by atomic mass is 32.1. The molecule has 0 unspecified atom stereocenters. The van der Waals surface area contributed by atoms with Crippen LogP contribution in [0.1, 0.15) is 0 Å². The Bertz CT molecular complexity index is 573. The van der Waals surface area contributed by atoms with Gasteiger partial charge in [0, 0.05) is 10.9 Å². The van der Waals surface area contributed by atoms with Gasteiger partial charge in [0.1, 0.15) is 13.2 Å². The van der Waals surface area contributed by atoms with Gasteiger partial charge in [-0.15, -0.1) is 11.3 Å². The zero-order valence-electron chi connectivity index (χ0n) is 8.36. The molecule has 0 fully saturated rings. The molecule has 0 spiro atoms. The zero-order valence-corrected chi connectivity index (χ0v) is 9.99. The lowest BCUT2D eigenvalue weighted by Gasteiger charge is -2.18. The highest BCUT2D eigenvalue weighted by Gasteiger charge is 2.12. The lowest BCUT2D eigenvalue weighted by molar-refractivity contribution is 0.171. The molecule has 1 N–H and O–H groups in total. The second kappa shape index (κ2) is 3.92. The van der Waals surface area contributed by atoms with E-state index in [-0.39, 0.29) is 0 Å². The monoisotopic (exact) mass is 251 g/mol. The number of hydrogen-bond donors (Lipinski definition) is 1. The Hall–Kier alpha value is -1.33. The summed E-state index contributed by atoms with van der Waals surface area (Å²) in [6.07, 6.45) is 0. The fourth-order valence-corrected chi connectivity index (χ4v) is 2.48.